The maximum Gasteiger partial charge on any atom is 0.258 e. The molecule has 0 radical (unpaired) electrons. The molecule has 1 amide bonds. The van der Waals surface area contributed by atoms with E-state index in [2.05, 4.69) is 5.32 Å². The molecule has 0 aliphatic rings. The minimum atomic E-state index is -0.202. The second kappa shape index (κ2) is 6.48. The lowest BCUT2D eigenvalue weighted by molar-refractivity contribution is -0.123. The number of nitrogens with one attached hydrogen (secondary N) is 1. The number of amides is 1. The number of rotatable bonds is 5. The van der Waals surface area contributed by atoms with Gasteiger partial charge in [0.1, 0.15) is 11.5 Å². The van der Waals surface area contributed by atoms with Crippen LogP contribution in [0.25, 0.3) is 0 Å². The van der Waals surface area contributed by atoms with Crippen molar-refractivity contribution in [3.05, 3.63) is 52.4 Å². The molecule has 0 saturated carbocycles. The molecule has 2 aromatic rings. The average Bonchev–Trinajstić information content (AvgIpc) is 2.93. The molecule has 0 spiro atoms. The third kappa shape index (κ3) is 3.78. The van der Waals surface area contributed by atoms with Crippen LogP contribution in [0.1, 0.15) is 16.9 Å². The molecule has 0 unspecified atom stereocenters. The van der Waals surface area contributed by atoms with Gasteiger partial charge in [-0.2, -0.15) is 0 Å². The number of ether oxygens (including phenoxy) is 1. The molecule has 5 heteroatoms. The van der Waals surface area contributed by atoms with Crippen molar-refractivity contribution in [3.63, 3.8) is 0 Å². The Bertz CT molecular complexity index is 570. The molecule has 1 aromatic heterocycles. The van der Waals surface area contributed by atoms with E-state index in [0.29, 0.717) is 18.1 Å². The van der Waals surface area contributed by atoms with Crippen molar-refractivity contribution in [2.75, 3.05) is 6.61 Å². The predicted molar refractivity (Wildman–Crippen MR) is 77.0 cm³/mol. The predicted octanol–water partition coefficient (Wildman–Crippen LogP) is 3.25. The topological polar surface area (TPSA) is 51.5 Å². The highest BCUT2D eigenvalue weighted by Gasteiger charge is 2.07. The summed E-state index contributed by atoms with van der Waals surface area (Å²) in [7, 11) is 0. The zero-order valence-electron chi connectivity index (χ0n) is 11.4. The summed E-state index contributed by atoms with van der Waals surface area (Å²) in [4.78, 5) is 11.6. The molecular formula is C15H16ClNO3. The highest BCUT2D eigenvalue weighted by atomic mass is 35.5. The van der Waals surface area contributed by atoms with Gasteiger partial charge >= 0.3 is 0 Å². The van der Waals surface area contributed by atoms with Crippen LogP contribution in [0.3, 0.4) is 0 Å². The summed E-state index contributed by atoms with van der Waals surface area (Å²) in [5.74, 6) is 1.14. The fraction of sp³-hybridized carbons (Fsp3) is 0.267. The Morgan fingerprint density at radius 2 is 2.05 bits per heavy atom. The molecule has 106 valence electrons. The Morgan fingerprint density at radius 3 is 2.65 bits per heavy atom. The van der Waals surface area contributed by atoms with Crippen LogP contribution in [0.15, 0.2) is 34.9 Å². The number of carbonyl (C=O) groups is 1. The fourth-order valence-corrected chi connectivity index (χ4v) is 1.90. The lowest BCUT2D eigenvalue weighted by Crippen LogP contribution is -2.28. The first-order valence-electron chi connectivity index (χ1n) is 6.25. The Morgan fingerprint density at radius 1 is 1.35 bits per heavy atom. The van der Waals surface area contributed by atoms with E-state index in [1.807, 2.05) is 26.0 Å². The van der Waals surface area contributed by atoms with Crippen molar-refractivity contribution >= 4 is 17.5 Å². The Kier molecular flexibility index (Phi) is 4.69. The van der Waals surface area contributed by atoms with Gasteiger partial charge in [-0.25, -0.2) is 0 Å². The first-order chi connectivity index (χ1) is 9.56. The molecule has 0 aliphatic heterocycles. The largest absolute Gasteiger partial charge is 0.484 e. The van der Waals surface area contributed by atoms with Gasteiger partial charge in [-0.05, 0) is 49.2 Å². The van der Waals surface area contributed by atoms with E-state index in [-0.39, 0.29) is 12.5 Å². The molecule has 0 atom stereocenters. The molecule has 20 heavy (non-hydrogen) atoms. The standard InChI is InChI=1S/C15H16ClNO3/c1-10-6-13(7-11(2)15(10)16)20-9-14(18)17-8-12-4-3-5-19-12/h3-7H,8-9H2,1-2H3,(H,17,18). The minimum absolute atomic E-state index is 0.0405. The maximum absolute atomic E-state index is 11.6. The monoisotopic (exact) mass is 293 g/mol. The number of furan rings is 1. The lowest BCUT2D eigenvalue weighted by Gasteiger charge is -2.10. The van der Waals surface area contributed by atoms with Crippen molar-refractivity contribution in [1.82, 2.24) is 5.32 Å². The molecule has 1 aromatic carbocycles. The number of aryl methyl sites for hydroxylation is 2. The number of hydrogen-bond donors (Lipinski definition) is 1. The fourth-order valence-electron chi connectivity index (χ4n) is 1.79. The lowest BCUT2D eigenvalue weighted by atomic mass is 10.1. The zero-order valence-corrected chi connectivity index (χ0v) is 12.2. The number of halogens is 1. The van der Waals surface area contributed by atoms with Gasteiger partial charge < -0.3 is 14.5 Å². The van der Waals surface area contributed by atoms with Gasteiger partial charge in [-0.1, -0.05) is 11.6 Å². The molecule has 4 nitrogen and oxygen atoms in total. The Balaban J connectivity index is 1.84. The van der Waals surface area contributed by atoms with Crippen LogP contribution in [-0.4, -0.2) is 12.5 Å². The van der Waals surface area contributed by atoms with Crippen molar-refractivity contribution in [2.45, 2.75) is 20.4 Å². The molecule has 2 rings (SSSR count). The molecule has 1 heterocycles. The van der Waals surface area contributed by atoms with E-state index in [4.69, 9.17) is 20.8 Å². The number of carbonyl (C=O) groups excluding carboxylic acids is 1. The van der Waals surface area contributed by atoms with Crippen LogP contribution >= 0.6 is 11.6 Å². The second-order valence-corrected chi connectivity index (χ2v) is 4.89. The average molecular weight is 294 g/mol. The Hall–Kier alpha value is -1.94. The van der Waals surface area contributed by atoms with Gasteiger partial charge in [-0.3, -0.25) is 4.79 Å². The summed E-state index contributed by atoms with van der Waals surface area (Å²) in [5, 5.41) is 3.43. The van der Waals surface area contributed by atoms with Crippen LogP contribution < -0.4 is 10.1 Å². The highest BCUT2D eigenvalue weighted by Crippen LogP contribution is 2.25. The van der Waals surface area contributed by atoms with Gasteiger partial charge in [0, 0.05) is 5.02 Å². The van der Waals surface area contributed by atoms with Gasteiger partial charge in [0.05, 0.1) is 12.8 Å². The SMILES string of the molecule is Cc1cc(OCC(=O)NCc2ccco2)cc(C)c1Cl. The minimum Gasteiger partial charge on any atom is -0.484 e. The molecule has 0 bridgehead atoms. The van der Waals surface area contributed by atoms with Gasteiger partial charge in [0.2, 0.25) is 0 Å². The van der Waals surface area contributed by atoms with E-state index in [9.17, 15) is 4.79 Å². The highest BCUT2D eigenvalue weighted by molar-refractivity contribution is 6.32. The number of benzene rings is 1. The van der Waals surface area contributed by atoms with E-state index in [1.165, 1.54) is 0 Å². The molecule has 0 saturated heterocycles. The third-order valence-corrected chi connectivity index (χ3v) is 3.42. The first kappa shape index (κ1) is 14.5. The summed E-state index contributed by atoms with van der Waals surface area (Å²) in [6, 6.07) is 7.20. The summed E-state index contributed by atoms with van der Waals surface area (Å²) >= 11 is 6.07. The summed E-state index contributed by atoms with van der Waals surface area (Å²) in [6.07, 6.45) is 1.57. The quantitative estimate of drug-likeness (QED) is 0.920. The molecule has 0 fully saturated rings. The van der Waals surface area contributed by atoms with E-state index in [0.717, 1.165) is 16.1 Å². The molecule has 0 aliphatic carbocycles. The smallest absolute Gasteiger partial charge is 0.258 e. The van der Waals surface area contributed by atoms with Crippen LogP contribution in [0.4, 0.5) is 0 Å². The van der Waals surface area contributed by atoms with Gasteiger partial charge in [0.15, 0.2) is 6.61 Å². The van der Waals surface area contributed by atoms with E-state index >= 15 is 0 Å². The van der Waals surface area contributed by atoms with Crippen LogP contribution in [0.2, 0.25) is 5.02 Å². The third-order valence-electron chi connectivity index (χ3n) is 2.82. The van der Waals surface area contributed by atoms with E-state index < -0.39 is 0 Å². The van der Waals surface area contributed by atoms with Crippen LogP contribution in [0, 0.1) is 13.8 Å². The second-order valence-electron chi connectivity index (χ2n) is 4.52. The normalized spacial score (nSPS) is 10.3. The van der Waals surface area contributed by atoms with E-state index in [1.54, 1.807) is 18.4 Å². The maximum atomic E-state index is 11.6. The number of hydrogen-bond acceptors (Lipinski definition) is 3. The summed E-state index contributed by atoms with van der Waals surface area (Å²) in [6.45, 7) is 4.12. The Labute approximate surface area is 122 Å². The van der Waals surface area contributed by atoms with Crippen molar-refractivity contribution in [3.8, 4) is 5.75 Å². The zero-order chi connectivity index (χ0) is 14.5. The van der Waals surface area contributed by atoms with Crippen LogP contribution in [0.5, 0.6) is 5.75 Å². The van der Waals surface area contributed by atoms with Crippen molar-refractivity contribution in [2.24, 2.45) is 0 Å². The molecular weight excluding hydrogens is 278 g/mol. The van der Waals surface area contributed by atoms with Gasteiger partial charge in [0.25, 0.3) is 5.91 Å². The first-order valence-corrected chi connectivity index (χ1v) is 6.62. The molecule has 1 N–H and O–H groups in total. The summed E-state index contributed by atoms with van der Waals surface area (Å²) < 4.78 is 10.6. The van der Waals surface area contributed by atoms with Gasteiger partial charge in [-0.15, -0.1) is 0 Å². The van der Waals surface area contributed by atoms with Crippen LogP contribution in [-0.2, 0) is 11.3 Å². The van der Waals surface area contributed by atoms with Crippen molar-refractivity contribution < 1.29 is 13.9 Å². The van der Waals surface area contributed by atoms with Crippen molar-refractivity contribution in [1.29, 1.82) is 0 Å². The summed E-state index contributed by atoms with van der Waals surface area (Å²) in [5.41, 5.74) is 1.86.